The molecule has 1 aliphatic carbocycles. The van der Waals surface area contributed by atoms with Gasteiger partial charge in [0.15, 0.2) is 5.65 Å². The van der Waals surface area contributed by atoms with Crippen LogP contribution in [0.1, 0.15) is 23.7 Å². The summed E-state index contributed by atoms with van der Waals surface area (Å²) in [6.07, 6.45) is 1.86. The molecular weight excluding hydrogens is 410 g/mol. The number of hydrogen-bond acceptors (Lipinski definition) is 7. The van der Waals surface area contributed by atoms with Gasteiger partial charge in [-0.3, -0.25) is 4.55 Å². The van der Waals surface area contributed by atoms with Crippen LogP contribution in [-0.2, 0) is 23.1 Å². The molecule has 1 aromatic carbocycles. The molecule has 2 aromatic heterocycles. The van der Waals surface area contributed by atoms with Crippen molar-refractivity contribution >= 4 is 21.5 Å². The number of rotatable bonds is 6. The molecule has 0 amide bonds. The fourth-order valence-electron chi connectivity index (χ4n) is 4.03. The zero-order valence-corrected chi connectivity index (χ0v) is 17.1. The number of benzene rings is 1. The number of hydrogen-bond donors (Lipinski definition) is 3. The van der Waals surface area contributed by atoms with Crippen LogP contribution in [0, 0.1) is 0 Å². The summed E-state index contributed by atoms with van der Waals surface area (Å²) in [5.74, 6) is 0. The first kappa shape index (κ1) is 20.8. The molecule has 160 valence electrons. The van der Waals surface area contributed by atoms with E-state index in [0.717, 1.165) is 19.2 Å². The van der Waals surface area contributed by atoms with E-state index in [0.29, 0.717) is 21.9 Å². The predicted molar refractivity (Wildman–Crippen MR) is 108 cm³/mol. The summed E-state index contributed by atoms with van der Waals surface area (Å²) in [6.45, 7) is 0. The molecule has 1 saturated carbocycles. The normalized spacial score (nSPS) is 24.7. The Balaban J connectivity index is 1.61. The van der Waals surface area contributed by atoms with E-state index in [1.807, 2.05) is 30.3 Å². The van der Waals surface area contributed by atoms with Gasteiger partial charge in [-0.2, -0.15) is 12.7 Å². The minimum absolute atomic E-state index is 0.0907. The van der Waals surface area contributed by atoms with Gasteiger partial charge in [-0.05, 0) is 24.8 Å². The van der Waals surface area contributed by atoms with Crippen molar-refractivity contribution < 1.29 is 23.2 Å². The molecule has 30 heavy (non-hydrogen) atoms. The minimum Gasteiger partial charge on any atom is -0.389 e. The average Bonchev–Trinajstić information content (AvgIpc) is 3.28. The maximum absolute atomic E-state index is 11.5. The van der Waals surface area contributed by atoms with E-state index < -0.39 is 34.6 Å². The van der Waals surface area contributed by atoms with Gasteiger partial charge in [-0.25, -0.2) is 15.0 Å². The van der Waals surface area contributed by atoms with Gasteiger partial charge in [-0.15, -0.1) is 0 Å². The van der Waals surface area contributed by atoms with Crippen LogP contribution in [0.5, 0.6) is 0 Å². The summed E-state index contributed by atoms with van der Waals surface area (Å²) in [7, 11) is -3.35. The van der Waals surface area contributed by atoms with Gasteiger partial charge in [0, 0.05) is 7.05 Å². The van der Waals surface area contributed by atoms with Crippen molar-refractivity contribution in [3.8, 4) is 0 Å². The lowest BCUT2D eigenvalue weighted by atomic mass is 10.1. The van der Waals surface area contributed by atoms with Crippen LogP contribution in [0.3, 0.4) is 0 Å². The average molecular weight is 433 g/mol. The van der Waals surface area contributed by atoms with Gasteiger partial charge in [0.05, 0.1) is 30.2 Å². The van der Waals surface area contributed by atoms with Gasteiger partial charge < -0.3 is 14.8 Å². The van der Waals surface area contributed by atoms with Crippen LogP contribution < -0.4 is 0 Å². The number of aliphatic hydroxyl groups is 2. The zero-order chi connectivity index (χ0) is 21.5. The molecule has 1 fully saturated rings. The lowest BCUT2D eigenvalue weighted by Crippen LogP contribution is -2.44. The zero-order valence-electron chi connectivity index (χ0n) is 16.3. The van der Waals surface area contributed by atoms with E-state index >= 15 is 0 Å². The number of fused-ring (bicyclic) bond motifs is 1. The summed E-state index contributed by atoms with van der Waals surface area (Å²) < 4.78 is 34.5. The number of aryl methyl sites for hydroxylation is 2. The summed E-state index contributed by atoms with van der Waals surface area (Å²) in [6, 6.07) is 8.37. The van der Waals surface area contributed by atoms with E-state index in [2.05, 4.69) is 15.0 Å². The SMILES string of the molecule is CN([C@@H]1C[C@@H](n2cnc3c(CCc4ccccc4)ncnc32)[C@H](O)[C@@H]1O)S(=O)(=O)O. The topological polar surface area (TPSA) is 142 Å². The second kappa shape index (κ2) is 8.00. The van der Waals surface area contributed by atoms with Crippen molar-refractivity contribution in [1.82, 2.24) is 23.8 Å². The van der Waals surface area contributed by atoms with E-state index in [4.69, 9.17) is 0 Å². The van der Waals surface area contributed by atoms with E-state index in [1.54, 1.807) is 4.57 Å². The van der Waals surface area contributed by atoms with Gasteiger partial charge in [-0.1, -0.05) is 30.3 Å². The predicted octanol–water partition coefficient (Wildman–Crippen LogP) is 0.381. The van der Waals surface area contributed by atoms with Crippen LogP contribution in [0.25, 0.3) is 11.2 Å². The Bertz CT molecular complexity index is 1140. The van der Waals surface area contributed by atoms with Crippen molar-refractivity contribution in [3.63, 3.8) is 0 Å². The number of imidazole rings is 1. The van der Waals surface area contributed by atoms with E-state index in [9.17, 15) is 23.2 Å². The summed E-state index contributed by atoms with van der Waals surface area (Å²) in [5, 5.41) is 20.9. The lowest BCUT2D eigenvalue weighted by molar-refractivity contribution is 0.00532. The van der Waals surface area contributed by atoms with Crippen LogP contribution in [0.15, 0.2) is 43.0 Å². The van der Waals surface area contributed by atoms with Crippen molar-refractivity contribution in [2.75, 3.05) is 7.05 Å². The summed E-state index contributed by atoms with van der Waals surface area (Å²) in [4.78, 5) is 13.1. The van der Waals surface area contributed by atoms with Crippen molar-refractivity contribution in [1.29, 1.82) is 0 Å². The minimum atomic E-state index is -4.51. The molecule has 3 aromatic rings. The second-order valence-corrected chi connectivity index (χ2v) is 8.95. The molecule has 2 heterocycles. The Kier molecular flexibility index (Phi) is 5.55. The third-order valence-corrected chi connectivity index (χ3v) is 6.74. The molecule has 0 aliphatic heterocycles. The van der Waals surface area contributed by atoms with E-state index in [-0.39, 0.29) is 6.42 Å². The highest BCUT2D eigenvalue weighted by atomic mass is 32.2. The number of aliphatic hydroxyl groups excluding tert-OH is 2. The fraction of sp³-hybridized carbons (Fsp3) is 0.421. The third-order valence-electron chi connectivity index (χ3n) is 5.74. The van der Waals surface area contributed by atoms with Gasteiger partial charge >= 0.3 is 10.3 Å². The maximum atomic E-state index is 11.5. The maximum Gasteiger partial charge on any atom is 0.335 e. The van der Waals surface area contributed by atoms with Crippen molar-refractivity contribution in [2.24, 2.45) is 0 Å². The van der Waals surface area contributed by atoms with Crippen molar-refractivity contribution in [2.45, 2.75) is 43.6 Å². The van der Waals surface area contributed by atoms with Crippen molar-refractivity contribution in [3.05, 3.63) is 54.2 Å². The molecule has 0 radical (unpaired) electrons. The molecule has 0 saturated heterocycles. The number of likely N-dealkylation sites (N-methyl/N-ethyl adjacent to an activating group) is 1. The Morgan fingerprint density at radius 2 is 1.83 bits per heavy atom. The van der Waals surface area contributed by atoms with Gasteiger partial charge in [0.1, 0.15) is 17.9 Å². The van der Waals surface area contributed by atoms with E-state index in [1.165, 1.54) is 18.2 Å². The lowest BCUT2D eigenvalue weighted by Gasteiger charge is -2.23. The first-order chi connectivity index (χ1) is 14.3. The Morgan fingerprint density at radius 3 is 2.53 bits per heavy atom. The first-order valence-corrected chi connectivity index (χ1v) is 10.9. The molecule has 0 spiro atoms. The Morgan fingerprint density at radius 1 is 1.10 bits per heavy atom. The van der Waals surface area contributed by atoms with Crippen LogP contribution in [0.2, 0.25) is 0 Å². The fourth-order valence-corrected chi connectivity index (χ4v) is 4.58. The molecule has 1 aliphatic rings. The molecule has 0 unspecified atom stereocenters. The number of nitrogens with zero attached hydrogens (tertiary/aromatic N) is 5. The summed E-state index contributed by atoms with van der Waals surface area (Å²) >= 11 is 0. The van der Waals surface area contributed by atoms with Crippen LogP contribution in [0.4, 0.5) is 0 Å². The Labute approximate surface area is 173 Å². The smallest absolute Gasteiger partial charge is 0.335 e. The molecule has 4 rings (SSSR count). The standard InChI is InChI=1S/C19H23N5O5S/c1-23(30(27,28)29)14-9-15(18(26)17(14)25)24-11-22-16-13(20-10-21-19(16)24)8-7-12-5-3-2-4-6-12/h2-6,10-11,14-15,17-18,25-26H,7-9H2,1H3,(H,27,28,29)/t14-,15-,17-,18+/m1/s1. The molecule has 11 heteroatoms. The quantitative estimate of drug-likeness (QED) is 0.474. The van der Waals surface area contributed by atoms with Gasteiger partial charge in [0.25, 0.3) is 0 Å². The molecule has 10 nitrogen and oxygen atoms in total. The summed E-state index contributed by atoms with van der Waals surface area (Å²) in [5.41, 5.74) is 3.04. The monoisotopic (exact) mass is 433 g/mol. The molecule has 4 atom stereocenters. The molecule has 3 N–H and O–H groups in total. The van der Waals surface area contributed by atoms with Crippen LogP contribution >= 0.6 is 0 Å². The van der Waals surface area contributed by atoms with Crippen LogP contribution in [-0.4, -0.2) is 72.3 Å². The highest BCUT2D eigenvalue weighted by Gasteiger charge is 2.47. The third kappa shape index (κ3) is 3.82. The molecule has 0 bridgehead atoms. The highest BCUT2D eigenvalue weighted by molar-refractivity contribution is 7.83. The number of aromatic nitrogens is 4. The largest absolute Gasteiger partial charge is 0.389 e. The molecular formula is C19H23N5O5S. The Hall–Kier alpha value is -2.44. The second-order valence-electron chi connectivity index (χ2n) is 7.48. The first-order valence-electron chi connectivity index (χ1n) is 9.54. The highest BCUT2D eigenvalue weighted by Crippen LogP contribution is 2.36. The van der Waals surface area contributed by atoms with Gasteiger partial charge in [0.2, 0.25) is 0 Å².